The fraction of sp³-hybridized carbons (Fsp3) is 0.267. The standard InChI is InChI=1S/C30H31ClN2O5/c1-5-37-23-14-7-19(8-15-23)18-33-27(20-9-12-22(13-10-20)32(3)4)26(29(35)30(33)36)28(34)21-11-16-24(31)25(17-21)38-6-2/h7-17,27,34H,5-6,18H2,1-4H3/b28-26-. The zero-order chi connectivity index (χ0) is 27.4. The number of likely N-dealkylation sites (tertiary alicyclic amines) is 1. The molecule has 3 aromatic rings. The van der Waals surface area contributed by atoms with Gasteiger partial charge in [-0.15, -0.1) is 0 Å². The minimum absolute atomic E-state index is 0.0170. The van der Waals surface area contributed by atoms with Gasteiger partial charge in [-0.3, -0.25) is 9.59 Å². The molecule has 0 saturated carbocycles. The highest BCUT2D eigenvalue weighted by Gasteiger charge is 2.46. The molecule has 1 aliphatic rings. The number of halogens is 1. The Kier molecular flexibility index (Phi) is 8.27. The average Bonchev–Trinajstić information content (AvgIpc) is 3.16. The highest BCUT2D eigenvalue weighted by atomic mass is 35.5. The summed E-state index contributed by atoms with van der Waals surface area (Å²) < 4.78 is 11.1. The van der Waals surface area contributed by atoms with Crippen molar-refractivity contribution in [3.63, 3.8) is 0 Å². The molecule has 1 saturated heterocycles. The molecule has 0 spiro atoms. The van der Waals surface area contributed by atoms with Crippen LogP contribution in [0.1, 0.15) is 36.6 Å². The number of amides is 1. The van der Waals surface area contributed by atoms with Gasteiger partial charge in [-0.05, 0) is 67.4 Å². The van der Waals surface area contributed by atoms with Gasteiger partial charge in [0.25, 0.3) is 11.7 Å². The van der Waals surface area contributed by atoms with Crippen LogP contribution < -0.4 is 14.4 Å². The second-order valence-corrected chi connectivity index (χ2v) is 9.48. The molecule has 1 atom stereocenters. The van der Waals surface area contributed by atoms with Gasteiger partial charge in [0.2, 0.25) is 0 Å². The quantitative estimate of drug-likeness (QED) is 0.211. The van der Waals surface area contributed by atoms with Crippen LogP contribution in [-0.4, -0.2) is 49.0 Å². The maximum atomic E-state index is 13.4. The summed E-state index contributed by atoms with van der Waals surface area (Å²) in [5.41, 5.74) is 2.86. The number of benzene rings is 3. The Hall–Kier alpha value is -3.97. The van der Waals surface area contributed by atoms with E-state index in [2.05, 4.69) is 0 Å². The molecule has 0 aromatic heterocycles. The van der Waals surface area contributed by atoms with Gasteiger partial charge in [0.05, 0.1) is 29.9 Å². The Morgan fingerprint density at radius 3 is 2.21 bits per heavy atom. The van der Waals surface area contributed by atoms with Crippen molar-refractivity contribution in [2.24, 2.45) is 0 Å². The Bertz CT molecular complexity index is 1350. The van der Waals surface area contributed by atoms with Crippen LogP contribution in [0.15, 0.2) is 72.3 Å². The number of anilines is 1. The molecule has 4 rings (SSSR count). The number of carbonyl (C=O) groups excluding carboxylic acids is 2. The third-order valence-electron chi connectivity index (χ3n) is 6.36. The fourth-order valence-electron chi connectivity index (χ4n) is 4.47. The predicted molar refractivity (Wildman–Crippen MR) is 149 cm³/mol. The Morgan fingerprint density at radius 1 is 0.947 bits per heavy atom. The summed E-state index contributed by atoms with van der Waals surface area (Å²) in [6, 6.07) is 19.0. The van der Waals surface area contributed by atoms with Gasteiger partial charge < -0.3 is 24.4 Å². The molecule has 1 N–H and O–H groups in total. The predicted octanol–water partition coefficient (Wildman–Crippen LogP) is 5.83. The second-order valence-electron chi connectivity index (χ2n) is 9.07. The zero-order valence-electron chi connectivity index (χ0n) is 21.9. The van der Waals surface area contributed by atoms with E-state index in [-0.39, 0.29) is 17.9 Å². The number of carbonyl (C=O) groups is 2. The number of hydrogen-bond acceptors (Lipinski definition) is 6. The second kappa shape index (κ2) is 11.6. The molecule has 0 aliphatic carbocycles. The van der Waals surface area contributed by atoms with Crippen molar-refractivity contribution in [3.8, 4) is 11.5 Å². The lowest BCUT2D eigenvalue weighted by Crippen LogP contribution is -2.29. The SMILES string of the molecule is CCOc1ccc(CN2C(=O)C(=O)/C(=C(\O)c3ccc(Cl)c(OCC)c3)C2c2ccc(N(C)C)cc2)cc1. The molecular weight excluding hydrogens is 504 g/mol. The van der Waals surface area contributed by atoms with Crippen molar-refractivity contribution in [2.75, 3.05) is 32.2 Å². The molecule has 8 heteroatoms. The maximum absolute atomic E-state index is 13.4. The molecule has 38 heavy (non-hydrogen) atoms. The normalized spacial score (nSPS) is 16.6. The van der Waals surface area contributed by atoms with Gasteiger partial charge >= 0.3 is 0 Å². The minimum Gasteiger partial charge on any atom is -0.507 e. The molecule has 1 heterocycles. The Balaban J connectivity index is 1.81. The van der Waals surface area contributed by atoms with Crippen molar-refractivity contribution in [3.05, 3.63) is 94.0 Å². The third-order valence-corrected chi connectivity index (χ3v) is 6.67. The van der Waals surface area contributed by atoms with Gasteiger partial charge in [-0.2, -0.15) is 0 Å². The maximum Gasteiger partial charge on any atom is 0.295 e. The number of Topliss-reactive ketones (excluding diaryl/α,β-unsaturated/α-hetero) is 1. The molecule has 1 amide bonds. The largest absolute Gasteiger partial charge is 0.507 e. The van der Waals surface area contributed by atoms with Crippen LogP contribution in [0.4, 0.5) is 5.69 Å². The van der Waals surface area contributed by atoms with E-state index in [0.29, 0.717) is 35.1 Å². The van der Waals surface area contributed by atoms with E-state index in [1.807, 2.05) is 81.4 Å². The number of aliphatic hydroxyl groups excluding tert-OH is 1. The smallest absolute Gasteiger partial charge is 0.295 e. The van der Waals surface area contributed by atoms with Gasteiger partial charge in [0.1, 0.15) is 17.3 Å². The van der Waals surface area contributed by atoms with Gasteiger partial charge in [-0.25, -0.2) is 0 Å². The van der Waals surface area contributed by atoms with Crippen LogP contribution in [0.5, 0.6) is 11.5 Å². The van der Waals surface area contributed by atoms with E-state index < -0.39 is 17.7 Å². The summed E-state index contributed by atoms with van der Waals surface area (Å²) in [5, 5.41) is 11.8. The van der Waals surface area contributed by atoms with Crippen molar-refractivity contribution in [1.82, 2.24) is 4.90 Å². The minimum atomic E-state index is -0.788. The fourth-order valence-corrected chi connectivity index (χ4v) is 4.64. The lowest BCUT2D eigenvalue weighted by molar-refractivity contribution is -0.140. The molecule has 1 unspecified atom stereocenters. The van der Waals surface area contributed by atoms with Gasteiger partial charge in [-0.1, -0.05) is 35.9 Å². The number of ketones is 1. The molecule has 0 bridgehead atoms. The van der Waals surface area contributed by atoms with E-state index in [1.165, 1.54) is 4.90 Å². The van der Waals surface area contributed by atoms with E-state index in [9.17, 15) is 14.7 Å². The third kappa shape index (κ3) is 5.48. The first kappa shape index (κ1) is 27.1. The van der Waals surface area contributed by atoms with Crippen molar-refractivity contribution >= 4 is 34.7 Å². The number of aliphatic hydroxyl groups is 1. The first-order valence-corrected chi connectivity index (χ1v) is 12.8. The van der Waals surface area contributed by atoms with Crippen LogP contribution in [-0.2, 0) is 16.1 Å². The van der Waals surface area contributed by atoms with Crippen LogP contribution in [0.25, 0.3) is 5.76 Å². The van der Waals surface area contributed by atoms with E-state index in [1.54, 1.807) is 18.2 Å². The summed E-state index contributed by atoms with van der Waals surface area (Å²) in [5.74, 6) is -0.600. The number of ether oxygens (including phenoxy) is 2. The topological polar surface area (TPSA) is 79.3 Å². The zero-order valence-corrected chi connectivity index (χ0v) is 22.7. The van der Waals surface area contributed by atoms with Crippen molar-refractivity contribution in [2.45, 2.75) is 26.4 Å². The first-order chi connectivity index (χ1) is 18.2. The molecule has 3 aromatic carbocycles. The number of hydrogen-bond donors (Lipinski definition) is 1. The molecule has 1 aliphatic heterocycles. The van der Waals surface area contributed by atoms with E-state index in [4.69, 9.17) is 21.1 Å². The van der Waals surface area contributed by atoms with Crippen LogP contribution in [0.2, 0.25) is 5.02 Å². The first-order valence-electron chi connectivity index (χ1n) is 12.4. The molecular formula is C30H31ClN2O5. The average molecular weight is 535 g/mol. The Morgan fingerprint density at radius 2 is 1.61 bits per heavy atom. The summed E-state index contributed by atoms with van der Waals surface area (Å²) in [4.78, 5) is 30.2. The Labute approximate surface area is 227 Å². The number of nitrogens with zero attached hydrogens (tertiary/aromatic N) is 2. The van der Waals surface area contributed by atoms with Crippen LogP contribution >= 0.6 is 11.6 Å². The van der Waals surface area contributed by atoms with E-state index >= 15 is 0 Å². The molecule has 0 radical (unpaired) electrons. The van der Waals surface area contributed by atoms with Crippen molar-refractivity contribution in [1.29, 1.82) is 0 Å². The monoisotopic (exact) mass is 534 g/mol. The highest BCUT2D eigenvalue weighted by Crippen LogP contribution is 2.41. The molecule has 7 nitrogen and oxygen atoms in total. The summed E-state index contributed by atoms with van der Waals surface area (Å²) in [6.07, 6.45) is 0. The highest BCUT2D eigenvalue weighted by molar-refractivity contribution is 6.46. The van der Waals surface area contributed by atoms with Crippen LogP contribution in [0, 0.1) is 0 Å². The molecule has 198 valence electrons. The van der Waals surface area contributed by atoms with Crippen LogP contribution in [0.3, 0.4) is 0 Å². The lowest BCUT2D eigenvalue weighted by atomic mass is 9.95. The van der Waals surface area contributed by atoms with E-state index in [0.717, 1.165) is 17.0 Å². The van der Waals surface area contributed by atoms with Crippen molar-refractivity contribution < 1.29 is 24.2 Å². The molecule has 1 fully saturated rings. The number of rotatable bonds is 9. The summed E-state index contributed by atoms with van der Waals surface area (Å²) >= 11 is 6.24. The van der Waals surface area contributed by atoms with Gasteiger partial charge in [0.15, 0.2) is 0 Å². The summed E-state index contributed by atoms with van der Waals surface area (Å²) in [6.45, 7) is 4.85. The summed E-state index contributed by atoms with van der Waals surface area (Å²) in [7, 11) is 3.87. The van der Waals surface area contributed by atoms with Gasteiger partial charge in [0, 0.05) is 31.9 Å². The lowest BCUT2D eigenvalue weighted by Gasteiger charge is -2.26.